The minimum absolute atomic E-state index is 0.142. The summed E-state index contributed by atoms with van der Waals surface area (Å²) in [5.74, 6) is 0.195. The van der Waals surface area contributed by atoms with Gasteiger partial charge in [-0.1, -0.05) is 18.2 Å². The van der Waals surface area contributed by atoms with Gasteiger partial charge in [-0.25, -0.2) is 0 Å². The van der Waals surface area contributed by atoms with Crippen LogP contribution < -0.4 is 10.9 Å². The molecule has 2 heterocycles. The summed E-state index contributed by atoms with van der Waals surface area (Å²) < 4.78 is 40.3. The van der Waals surface area contributed by atoms with Crippen molar-refractivity contribution in [2.24, 2.45) is 7.05 Å². The molecule has 2 N–H and O–H groups in total. The topological polar surface area (TPSA) is 75.6 Å². The molecule has 6 nitrogen and oxygen atoms in total. The third-order valence-electron chi connectivity index (χ3n) is 3.61. The van der Waals surface area contributed by atoms with Crippen LogP contribution >= 0.6 is 0 Å². The molecule has 0 aliphatic carbocycles. The highest BCUT2D eigenvalue weighted by atomic mass is 19.4. The Bertz CT molecular complexity index is 929. The van der Waals surface area contributed by atoms with Gasteiger partial charge in [0.25, 0.3) is 5.56 Å². The molecule has 3 aromatic rings. The van der Waals surface area contributed by atoms with Gasteiger partial charge in [0.2, 0.25) is 5.95 Å². The fraction of sp³-hybridized carbons (Fsp3) is 0.267. The van der Waals surface area contributed by atoms with E-state index in [0.717, 1.165) is 6.07 Å². The largest absolute Gasteiger partial charge is 0.416 e. The van der Waals surface area contributed by atoms with Crippen molar-refractivity contribution >= 4 is 17.0 Å². The van der Waals surface area contributed by atoms with Crippen molar-refractivity contribution in [1.82, 2.24) is 19.7 Å². The first-order chi connectivity index (χ1) is 11.4. The van der Waals surface area contributed by atoms with Crippen LogP contribution in [0.15, 0.2) is 35.3 Å². The van der Waals surface area contributed by atoms with Gasteiger partial charge in [0.05, 0.1) is 11.8 Å². The molecule has 0 saturated heterocycles. The minimum atomic E-state index is -4.39. The summed E-state index contributed by atoms with van der Waals surface area (Å²) in [5, 5.41) is 7.14. The van der Waals surface area contributed by atoms with Crippen LogP contribution in [0, 0.1) is 0 Å². The van der Waals surface area contributed by atoms with Crippen molar-refractivity contribution in [3.8, 4) is 0 Å². The molecular weight excluding hydrogens is 323 g/mol. The number of hydrogen-bond donors (Lipinski definition) is 2. The van der Waals surface area contributed by atoms with Crippen molar-refractivity contribution < 1.29 is 13.2 Å². The maximum absolute atomic E-state index is 12.9. The first-order valence-electron chi connectivity index (χ1n) is 7.17. The number of aryl methyl sites for hydroxylation is 1. The maximum atomic E-state index is 12.9. The van der Waals surface area contributed by atoms with Crippen LogP contribution in [-0.2, 0) is 19.6 Å². The predicted molar refractivity (Wildman–Crippen MR) is 82.8 cm³/mol. The SMILES string of the molecule is Cn1ncc2c(=O)[nH]c(NCCc3ccccc3C(F)(F)F)nc21. The number of anilines is 1. The van der Waals surface area contributed by atoms with Gasteiger partial charge in [-0.3, -0.25) is 14.5 Å². The number of rotatable bonds is 4. The molecule has 0 fully saturated rings. The fourth-order valence-corrected chi connectivity index (χ4v) is 2.45. The monoisotopic (exact) mass is 337 g/mol. The van der Waals surface area contributed by atoms with Gasteiger partial charge in [0, 0.05) is 13.6 Å². The number of nitrogens with one attached hydrogen (secondary N) is 2. The third-order valence-corrected chi connectivity index (χ3v) is 3.61. The zero-order valence-electron chi connectivity index (χ0n) is 12.7. The number of benzene rings is 1. The number of nitrogens with zero attached hydrogens (tertiary/aromatic N) is 3. The minimum Gasteiger partial charge on any atom is -0.355 e. The molecule has 24 heavy (non-hydrogen) atoms. The molecule has 9 heteroatoms. The average Bonchev–Trinajstić information content (AvgIpc) is 2.89. The number of hydrogen-bond acceptors (Lipinski definition) is 4. The fourth-order valence-electron chi connectivity index (χ4n) is 2.45. The molecule has 0 aliphatic rings. The lowest BCUT2D eigenvalue weighted by Crippen LogP contribution is -2.16. The standard InChI is InChI=1S/C15H14F3N5O/c1-23-12-10(8-20-23)13(24)22-14(21-12)19-7-6-9-4-2-3-5-11(9)15(16,17)18/h2-5,8H,6-7H2,1H3,(H2,19,21,22,24). The van der Waals surface area contributed by atoms with E-state index in [4.69, 9.17) is 0 Å². The van der Waals surface area contributed by atoms with E-state index in [9.17, 15) is 18.0 Å². The van der Waals surface area contributed by atoms with Crippen LogP contribution in [0.3, 0.4) is 0 Å². The van der Waals surface area contributed by atoms with Crippen molar-refractivity contribution in [1.29, 1.82) is 0 Å². The Balaban J connectivity index is 1.76. The smallest absolute Gasteiger partial charge is 0.355 e. The van der Waals surface area contributed by atoms with Crippen molar-refractivity contribution in [2.45, 2.75) is 12.6 Å². The molecular formula is C15H14F3N5O. The normalized spacial score (nSPS) is 11.8. The first kappa shape index (κ1) is 16.0. The molecule has 3 rings (SSSR count). The first-order valence-corrected chi connectivity index (χ1v) is 7.17. The lowest BCUT2D eigenvalue weighted by atomic mass is 10.0. The van der Waals surface area contributed by atoms with E-state index in [1.165, 1.54) is 23.0 Å². The molecule has 0 atom stereocenters. The summed E-state index contributed by atoms with van der Waals surface area (Å²) in [5.41, 5.74) is -0.431. The van der Waals surface area contributed by atoms with Crippen LogP contribution in [0.4, 0.5) is 19.1 Å². The zero-order chi connectivity index (χ0) is 17.3. The maximum Gasteiger partial charge on any atom is 0.416 e. The van der Waals surface area contributed by atoms with Gasteiger partial charge in [0.15, 0.2) is 5.65 Å². The predicted octanol–water partition coefficient (Wildman–Crippen LogP) is 2.33. The Morgan fingerprint density at radius 2 is 2.04 bits per heavy atom. The quantitative estimate of drug-likeness (QED) is 0.766. The average molecular weight is 337 g/mol. The summed E-state index contributed by atoms with van der Waals surface area (Å²) in [6.45, 7) is 0.194. The van der Waals surface area contributed by atoms with Crippen LogP contribution in [0.5, 0.6) is 0 Å². The second-order valence-electron chi connectivity index (χ2n) is 5.25. The Morgan fingerprint density at radius 3 is 2.79 bits per heavy atom. The van der Waals surface area contributed by atoms with Crippen molar-refractivity contribution in [2.75, 3.05) is 11.9 Å². The molecule has 2 aromatic heterocycles. The summed E-state index contributed by atoms with van der Waals surface area (Å²) in [4.78, 5) is 18.6. The molecule has 126 valence electrons. The van der Waals surface area contributed by atoms with Crippen LogP contribution in [0.2, 0.25) is 0 Å². The lowest BCUT2D eigenvalue weighted by molar-refractivity contribution is -0.138. The van der Waals surface area contributed by atoms with Gasteiger partial charge in [0.1, 0.15) is 5.39 Å². The van der Waals surface area contributed by atoms with Crippen LogP contribution in [0.1, 0.15) is 11.1 Å². The summed E-state index contributed by atoms with van der Waals surface area (Å²) in [6, 6.07) is 5.41. The Kier molecular flexibility index (Phi) is 4.00. The van der Waals surface area contributed by atoms with E-state index >= 15 is 0 Å². The number of alkyl halides is 3. The highest BCUT2D eigenvalue weighted by Crippen LogP contribution is 2.31. The number of aromatic amines is 1. The molecule has 0 radical (unpaired) electrons. The molecule has 1 aromatic carbocycles. The molecule has 0 aliphatic heterocycles. The number of H-pyrrole nitrogens is 1. The van der Waals surface area contributed by atoms with E-state index in [2.05, 4.69) is 20.4 Å². The Morgan fingerprint density at radius 1 is 1.29 bits per heavy atom. The van der Waals surface area contributed by atoms with Gasteiger partial charge >= 0.3 is 6.18 Å². The molecule has 0 spiro atoms. The van der Waals surface area contributed by atoms with Crippen molar-refractivity contribution in [3.05, 3.63) is 51.9 Å². The van der Waals surface area contributed by atoms with E-state index in [1.54, 1.807) is 13.1 Å². The van der Waals surface area contributed by atoms with E-state index in [0.29, 0.717) is 11.0 Å². The van der Waals surface area contributed by atoms with Gasteiger partial charge < -0.3 is 5.32 Å². The van der Waals surface area contributed by atoms with Gasteiger partial charge in [-0.15, -0.1) is 0 Å². The van der Waals surface area contributed by atoms with Crippen LogP contribution in [0.25, 0.3) is 11.0 Å². The van der Waals surface area contributed by atoms with E-state index in [1.807, 2.05) is 0 Å². The third kappa shape index (κ3) is 3.10. The number of fused-ring (bicyclic) bond motifs is 1. The van der Waals surface area contributed by atoms with E-state index in [-0.39, 0.29) is 30.0 Å². The summed E-state index contributed by atoms with van der Waals surface area (Å²) >= 11 is 0. The lowest BCUT2D eigenvalue weighted by Gasteiger charge is -2.13. The van der Waals surface area contributed by atoms with Gasteiger partial charge in [-0.05, 0) is 18.1 Å². The second kappa shape index (κ2) is 5.99. The van der Waals surface area contributed by atoms with E-state index < -0.39 is 11.7 Å². The molecule has 0 bridgehead atoms. The zero-order valence-corrected chi connectivity index (χ0v) is 12.7. The van der Waals surface area contributed by atoms with Gasteiger partial charge in [-0.2, -0.15) is 23.3 Å². The highest BCUT2D eigenvalue weighted by molar-refractivity contribution is 5.74. The van der Waals surface area contributed by atoms with Crippen molar-refractivity contribution in [3.63, 3.8) is 0 Å². The van der Waals surface area contributed by atoms with Crippen LogP contribution in [-0.4, -0.2) is 26.3 Å². The molecule has 0 unspecified atom stereocenters. The molecule has 0 amide bonds. The number of aromatic nitrogens is 4. The Hall–Kier alpha value is -2.84. The second-order valence-corrected chi connectivity index (χ2v) is 5.25. The Labute approximate surface area is 134 Å². The highest BCUT2D eigenvalue weighted by Gasteiger charge is 2.32. The summed E-state index contributed by atoms with van der Waals surface area (Å²) in [7, 11) is 1.65. The number of halogens is 3. The summed E-state index contributed by atoms with van der Waals surface area (Å²) in [6.07, 6.45) is -2.84. The molecule has 0 saturated carbocycles.